The van der Waals surface area contributed by atoms with Gasteiger partial charge in [-0.05, 0) is 37.1 Å². The topological polar surface area (TPSA) is 26.0 Å². The number of benzene rings is 1. The van der Waals surface area contributed by atoms with E-state index >= 15 is 0 Å². The van der Waals surface area contributed by atoms with E-state index in [1.165, 1.54) is 13.8 Å². The van der Waals surface area contributed by atoms with Crippen LogP contribution in [0.3, 0.4) is 0 Å². The second kappa shape index (κ2) is 5.38. The number of nitrogens with two attached hydrogens (primary N) is 1. The number of aryl methyl sites for hydroxylation is 2. The minimum atomic E-state index is -6.31. The van der Waals surface area contributed by atoms with Crippen LogP contribution in [0.5, 0.6) is 0 Å². The van der Waals surface area contributed by atoms with Crippen LogP contribution in [0.15, 0.2) is 12.1 Å². The van der Waals surface area contributed by atoms with Crippen molar-refractivity contribution >= 4 is 28.3 Å². The maximum absolute atomic E-state index is 13.8. The molecule has 0 atom stereocenters. The summed E-state index contributed by atoms with van der Waals surface area (Å²) in [6, 6.07) is 0.940. The first-order valence-corrected chi connectivity index (χ1v) is 6.72. The number of alkyl halides is 9. The van der Waals surface area contributed by atoms with E-state index in [1.54, 1.807) is 0 Å². The molecule has 0 bridgehead atoms. The molecular formula is C12H10F8IN. The maximum atomic E-state index is 13.8. The molecule has 1 nitrogen and oxygen atoms in total. The number of halogens is 9. The summed E-state index contributed by atoms with van der Waals surface area (Å²) < 4.78 is 101. The van der Waals surface area contributed by atoms with Gasteiger partial charge >= 0.3 is 21.7 Å². The second-order valence-electron chi connectivity index (χ2n) is 4.74. The monoisotopic (exact) mass is 447 g/mol. The van der Waals surface area contributed by atoms with Gasteiger partial charge in [0.15, 0.2) is 0 Å². The quantitative estimate of drug-likeness (QED) is 0.289. The zero-order valence-corrected chi connectivity index (χ0v) is 13.3. The van der Waals surface area contributed by atoms with Crippen LogP contribution in [-0.2, 0) is 5.92 Å². The number of nitrogen functional groups attached to an aromatic ring is 1. The van der Waals surface area contributed by atoms with Crippen LogP contribution in [0.4, 0.5) is 40.8 Å². The first-order valence-electron chi connectivity index (χ1n) is 5.64. The molecule has 0 saturated heterocycles. The second-order valence-corrected chi connectivity index (χ2v) is 6.10. The van der Waals surface area contributed by atoms with Gasteiger partial charge in [-0.25, -0.2) is 0 Å². The Kier molecular flexibility index (Phi) is 4.70. The van der Waals surface area contributed by atoms with Gasteiger partial charge in [0.25, 0.3) is 0 Å². The van der Waals surface area contributed by atoms with E-state index in [1.807, 2.05) is 0 Å². The van der Waals surface area contributed by atoms with Gasteiger partial charge in [-0.3, -0.25) is 0 Å². The standard InChI is InChI=1S/C12H10F8IN/c1-5-3-7(4-6(2)8(5)22)9(13,14)10(15,16)11(17,18)12(19,20)21/h3-4H,22H2,1-2H3. The molecule has 22 heavy (non-hydrogen) atoms. The van der Waals surface area contributed by atoms with Gasteiger partial charge in [0.05, 0.1) is 0 Å². The Morgan fingerprint density at radius 2 is 1.18 bits per heavy atom. The fraction of sp³-hybridized carbons (Fsp3) is 0.500. The van der Waals surface area contributed by atoms with Gasteiger partial charge in [-0.1, -0.05) is 0 Å². The highest BCUT2D eigenvalue weighted by Crippen LogP contribution is 2.58. The predicted molar refractivity (Wildman–Crippen MR) is 73.1 cm³/mol. The average molecular weight is 447 g/mol. The third-order valence-corrected chi connectivity index (χ3v) is 3.78. The molecule has 0 heterocycles. The zero-order valence-electron chi connectivity index (χ0n) is 11.1. The van der Waals surface area contributed by atoms with Gasteiger partial charge in [0.2, 0.25) is 0 Å². The van der Waals surface area contributed by atoms with E-state index in [9.17, 15) is 35.1 Å². The lowest BCUT2D eigenvalue weighted by atomic mass is 9.94. The lowest BCUT2D eigenvalue weighted by molar-refractivity contribution is -0.347. The average Bonchev–Trinajstić information content (AvgIpc) is 2.33. The third-order valence-electron chi connectivity index (χ3n) is 3.10. The molecule has 1 aromatic rings. The van der Waals surface area contributed by atoms with Crippen LogP contribution in [0, 0.1) is 13.8 Å². The fourth-order valence-corrected chi connectivity index (χ4v) is 2.05. The predicted octanol–water partition coefficient (Wildman–Crippen LogP) is 5.28. The van der Waals surface area contributed by atoms with Crippen LogP contribution in [0.1, 0.15) is 16.7 Å². The summed E-state index contributed by atoms with van der Waals surface area (Å²) >= 11 is -0.294. The Bertz CT molecular complexity index is 556. The summed E-state index contributed by atoms with van der Waals surface area (Å²) in [4.78, 5) is 0. The summed E-state index contributed by atoms with van der Waals surface area (Å²) in [5, 5.41) is 0. The van der Waals surface area contributed by atoms with Crippen LogP contribution in [0.2, 0.25) is 0 Å². The Labute approximate surface area is 134 Å². The maximum Gasteiger partial charge on any atom is 0.387 e. The number of rotatable bonds is 4. The molecule has 0 saturated carbocycles. The molecule has 0 amide bonds. The molecule has 1 aromatic carbocycles. The molecule has 0 aliphatic carbocycles. The van der Waals surface area contributed by atoms with E-state index in [-0.39, 0.29) is 39.4 Å². The van der Waals surface area contributed by atoms with Gasteiger partial charge in [-0.2, -0.15) is 35.1 Å². The highest BCUT2D eigenvalue weighted by Gasteiger charge is 2.80. The molecule has 0 fully saturated rings. The van der Waals surface area contributed by atoms with Crippen molar-refractivity contribution in [1.82, 2.24) is 0 Å². The largest absolute Gasteiger partial charge is 0.398 e. The molecule has 0 aliphatic heterocycles. The molecule has 0 unspecified atom stereocenters. The smallest absolute Gasteiger partial charge is 0.387 e. The van der Waals surface area contributed by atoms with Crippen molar-refractivity contribution in [3.05, 3.63) is 28.8 Å². The Balaban J connectivity index is 3.52. The molecule has 0 spiro atoms. The van der Waals surface area contributed by atoms with Crippen molar-refractivity contribution in [2.45, 2.75) is 35.5 Å². The van der Waals surface area contributed by atoms with E-state index in [4.69, 9.17) is 5.73 Å². The van der Waals surface area contributed by atoms with Crippen molar-refractivity contribution in [3.8, 4) is 0 Å². The number of hydrogen-bond donors (Lipinski definition) is 1. The molecule has 1 rings (SSSR count). The Hall–Kier alpha value is -0.810. The first kappa shape index (κ1) is 19.2. The van der Waals surface area contributed by atoms with Crippen LogP contribution < -0.4 is 5.73 Å². The molecule has 126 valence electrons. The van der Waals surface area contributed by atoms with Crippen LogP contribution in [-0.4, -0.2) is 15.8 Å². The third kappa shape index (κ3) is 2.73. The molecule has 10 heteroatoms. The van der Waals surface area contributed by atoms with Crippen molar-refractivity contribution in [2.24, 2.45) is 0 Å². The molecule has 0 radical (unpaired) electrons. The lowest BCUT2D eigenvalue weighted by Crippen LogP contribution is -2.59. The minimum absolute atomic E-state index is 0.00819. The van der Waals surface area contributed by atoms with Gasteiger partial charge in [0, 0.05) is 33.8 Å². The van der Waals surface area contributed by atoms with Crippen molar-refractivity contribution < 1.29 is 35.1 Å². The van der Waals surface area contributed by atoms with E-state index in [0.717, 1.165) is 0 Å². The first-order chi connectivity index (χ1) is 9.57. The van der Waals surface area contributed by atoms with Crippen LogP contribution in [0.25, 0.3) is 0 Å². The van der Waals surface area contributed by atoms with Crippen molar-refractivity contribution in [1.29, 1.82) is 0 Å². The van der Waals surface area contributed by atoms with E-state index < -0.39 is 27.3 Å². The number of anilines is 1. The molecule has 2 N–H and O–H groups in total. The molecular weight excluding hydrogens is 437 g/mol. The summed E-state index contributed by atoms with van der Waals surface area (Å²) in [6.07, 6.45) is 0. The van der Waals surface area contributed by atoms with Gasteiger partial charge in [-0.15, -0.1) is 0 Å². The van der Waals surface area contributed by atoms with Gasteiger partial charge in [0.1, 0.15) is 0 Å². The van der Waals surface area contributed by atoms with Crippen molar-refractivity contribution in [3.63, 3.8) is 0 Å². The summed E-state index contributed by atoms with van der Waals surface area (Å²) in [6.45, 7) is 2.40. The Morgan fingerprint density at radius 1 is 0.818 bits per heavy atom. The summed E-state index contributed by atoms with van der Waals surface area (Å²) in [7, 11) is 0. The van der Waals surface area contributed by atoms with Gasteiger partial charge < -0.3 is 5.73 Å². The summed E-state index contributed by atoms with van der Waals surface area (Å²) in [5.74, 6) is -18.1. The number of hydrogen-bond acceptors (Lipinski definition) is 1. The lowest BCUT2D eigenvalue weighted by Gasteiger charge is -2.35. The normalized spacial score (nSPS) is 14.3. The highest BCUT2D eigenvalue weighted by atomic mass is 127. The minimum Gasteiger partial charge on any atom is -0.398 e. The van der Waals surface area contributed by atoms with E-state index in [2.05, 4.69) is 0 Å². The molecule has 0 aromatic heterocycles. The SMILES string of the molecule is Cc1cc(C(F)(F)C(F)(F)C(F)(F)C(F)(F)I)cc(C)c1N. The molecule has 0 aliphatic rings. The van der Waals surface area contributed by atoms with Crippen molar-refractivity contribution in [2.75, 3.05) is 5.73 Å². The summed E-state index contributed by atoms with van der Waals surface area (Å²) in [5.41, 5.74) is 3.83. The Morgan fingerprint density at radius 3 is 1.50 bits per heavy atom. The zero-order chi connectivity index (χ0) is 17.7. The van der Waals surface area contributed by atoms with Crippen LogP contribution >= 0.6 is 22.6 Å². The fourth-order valence-electron chi connectivity index (χ4n) is 1.71. The highest BCUT2D eigenvalue weighted by molar-refractivity contribution is 14.1. The van der Waals surface area contributed by atoms with E-state index in [0.29, 0.717) is 12.1 Å².